The smallest absolute Gasteiger partial charge is 0.416 e. The summed E-state index contributed by atoms with van der Waals surface area (Å²) in [4.78, 5) is 28.2. The molecule has 0 radical (unpaired) electrons. The third-order valence-electron chi connectivity index (χ3n) is 8.60. The Kier molecular flexibility index (Phi) is 7.80. The zero-order valence-corrected chi connectivity index (χ0v) is 25.0. The summed E-state index contributed by atoms with van der Waals surface area (Å²) in [6, 6.07) is 11.9. The highest BCUT2D eigenvalue weighted by atomic mass is 35.5. The van der Waals surface area contributed by atoms with Crippen molar-refractivity contribution in [1.29, 1.82) is 0 Å². The van der Waals surface area contributed by atoms with Gasteiger partial charge in [-0.15, -0.1) is 0 Å². The number of rotatable bonds is 6. The minimum atomic E-state index is -5.01. The Morgan fingerprint density at radius 3 is 2.37 bits per heavy atom. The number of benzene rings is 4. The van der Waals surface area contributed by atoms with Crippen LogP contribution in [0.5, 0.6) is 5.75 Å². The zero-order chi connectivity index (χ0) is 33.1. The molecular weight excluding hydrogens is 631 g/mol. The van der Waals surface area contributed by atoms with Gasteiger partial charge in [-0.2, -0.15) is 13.2 Å². The maximum atomic E-state index is 16.0. The number of carbonyl (C=O) groups excluding carboxylic acids is 2. The van der Waals surface area contributed by atoms with Crippen molar-refractivity contribution < 1.29 is 41.4 Å². The summed E-state index contributed by atoms with van der Waals surface area (Å²) in [6.45, 7) is -0.243. The Morgan fingerprint density at radius 2 is 1.72 bits per heavy atom. The van der Waals surface area contributed by atoms with Crippen molar-refractivity contribution in [1.82, 2.24) is 4.90 Å². The molecule has 0 bridgehead atoms. The van der Waals surface area contributed by atoms with Crippen molar-refractivity contribution in [3.63, 3.8) is 0 Å². The number of halogens is 6. The number of methoxy groups -OCH3 is 1. The fourth-order valence-electron chi connectivity index (χ4n) is 6.50. The van der Waals surface area contributed by atoms with Gasteiger partial charge in [0.1, 0.15) is 17.4 Å². The Labute approximate surface area is 265 Å². The van der Waals surface area contributed by atoms with Gasteiger partial charge in [-0.1, -0.05) is 29.8 Å². The van der Waals surface area contributed by atoms with Crippen LogP contribution in [0.15, 0.2) is 60.7 Å². The first kappa shape index (κ1) is 31.5. The molecule has 6 rings (SSSR count). The van der Waals surface area contributed by atoms with Crippen molar-refractivity contribution in [3.8, 4) is 16.9 Å². The van der Waals surface area contributed by atoms with Crippen LogP contribution in [0.1, 0.15) is 66.9 Å². The molecule has 0 aromatic heterocycles. The van der Waals surface area contributed by atoms with Gasteiger partial charge >= 0.3 is 6.18 Å². The van der Waals surface area contributed by atoms with E-state index in [2.05, 4.69) is 0 Å². The number of amides is 2. The number of alkyl halides is 3. The van der Waals surface area contributed by atoms with Crippen LogP contribution in [0.3, 0.4) is 0 Å². The molecule has 2 amide bonds. The number of aliphatic hydroxyl groups is 1. The molecule has 3 N–H and O–H groups in total. The van der Waals surface area contributed by atoms with E-state index in [-0.39, 0.29) is 39.9 Å². The third-order valence-corrected chi connectivity index (χ3v) is 8.93. The van der Waals surface area contributed by atoms with E-state index >= 15 is 4.39 Å². The van der Waals surface area contributed by atoms with E-state index in [1.54, 1.807) is 24.3 Å². The Balaban J connectivity index is 1.72. The van der Waals surface area contributed by atoms with Crippen LogP contribution in [0.25, 0.3) is 11.1 Å². The van der Waals surface area contributed by atoms with Gasteiger partial charge in [0, 0.05) is 28.3 Å². The Morgan fingerprint density at radius 1 is 1.02 bits per heavy atom. The van der Waals surface area contributed by atoms with Crippen LogP contribution in [-0.2, 0) is 31.3 Å². The third kappa shape index (κ3) is 5.07. The van der Waals surface area contributed by atoms with Crippen molar-refractivity contribution >= 4 is 23.4 Å². The molecule has 1 atom stereocenters. The number of primary amides is 1. The molecule has 1 aliphatic heterocycles. The molecule has 1 unspecified atom stereocenters. The quantitative estimate of drug-likeness (QED) is 0.216. The number of nitrogens with zero attached hydrogens (tertiary/aromatic N) is 1. The standard InChI is InChI=1S/C34H26ClF5N2O4/c1-46-21-9-6-17(7-10-21)16-42-32(44)29-22-5-3-2-4-18(22)12-23(30(29)33(42,45)25-15-20(36)8-11-26(25)35)28-24(31(41)43)13-19(14-27(28)37)34(38,39)40/h6-15,45H,2-5,16H2,1H3,(H2,41,43). The number of aryl methyl sites for hydroxylation is 1. The molecule has 2 aliphatic rings. The summed E-state index contributed by atoms with van der Waals surface area (Å²) in [6.07, 6.45) is -2.78. The second-order valence-corrected chi connectivity index (χ2v) is 11.7. The fourth-order valence-corrected chi connectivity index (χ4v) is 6.75. The highest BCUT2D eigenvalue weighted by Gasteiger charge is 2.54. The summed E-state index contributed by atoms with van der Waals surface area (Å²) in [5, 5.41) is 12.7. The number of hydrogen-bond acceptors (Lipinski definition) is 4. The molecule has 12 heteroatoms. The van der Waals surface area contributed by atoms with E-state index in [9.17, 15) is 32.3 Å². The first-order chi connectivity index (χ1) is 21.7. The van der Waals surface area contributed by atoms with Crippen molar-refractivity contribution in [2.45, 2.75) is 44.1 Å². The molecule has 0 fully saturated rings. The first-order valence-corrected chi connectivity index (χ1v) is 14.7. The summed E-state index contributed by atoms with van der Waals surface area (Å²) < 4.78 is 77.2. The van der Waals surface area contributed by atoms with Crippen molar-refractivity contribution in [2.75, 3.05) is 7.11 Å². The fraction of sp³-hybridized carbons (Fsp3) is 0.235. The van der Waals surface area contributed by atoms with Gasteiger partial charge in [-0.05, 0) is 90.4 Å². The van der Waals surface area contributed by atoms with Crippen molar-refractivity contribution in [2.24, 2.45) is 5.73 Å². The molecule has 1 aliphatic carbocycles. The normalized spacial score (nSPS) is 17.6. The van der Waals surface area contributed by atoms with Crippen molar-refractivity contribution in [3.05, 3.63) is 122 Å². The predicted molar refractivity (Wildman–Crippen MR) is 159 cm³/mol. The predicted octanol–water partition coefficient (Wildman–Crippen LogP) is 7.14. The topological polar surface area (TPSA) is 92.9 Å². The first-order valence-electron chi connectivity index (χ1n) is 14.3. The number of fused-ring (bicyclic) bond motifs is 3. The van der Waals surface area contributed by atoms with Crippen LogP contribution in [0.4, 0.5) is 22.0 Å². The van der Waals surface area contributed by atoms with Gasteiger partial charge in [0.15, 0.2) is 5.72 Å². The molecule has 4 aromatic rings. The lowest BCUT2D eigenvalue weighted by atomic mass is 9.78. The zero-order valence-electron chi connectivity index (χ0n) is 24.3. The highest BCUT2D eigenvalue weighted by molar-refractivity contribution is 6.31. The highest BCUT2D eigenvalue weighted by Crippen LogP contribution is 2.53. The van der Waals surface area contributed by atoms with Crippen LogP contribution in [0.2, 0.25) is 5.02 Å². The molecule has 46 heavy (non-hydrogen) atoms. The van der Waals surface area contributed by atoms with Gasteiger partial charge in [0.05, 0.1) is 23.8 Å². The minimum absolute atomic E-state index is 0.0155. The van der Waals surface area contributed by atoms with E-state index in [1.165, 1.54) is 19.2 Å². The van der Waals surface area contributed by atoms with Gasteiger partial charge in [-0.25, -0.2) is 8.78 Å². The van der Waals surface area contributed by atoms with E-state index in [1.807, 2.05) is 0 Å². The summed E-state index contributed by atoms with van der Waals surface area (Å²) in [5.74, 6) is -3.79. The molecule has 0 spiro atoms. The van der Waals surface area contributed by atoms with Crippen LogP contribution < -0.4 is 10.5 Å². The van der Waals surface area contributed by atoms with E-state index in [0.29, 0.717) is 54.2 Å². The molecule has 1 heterocycles. The average Bonchev–Trinajstić information content (AvgIpc) is 3.24. The number of nitrogens with two attached hydrogens (primary N) is 1. The maximum absolute atomic E-state index is 16.0. The summed E-state index contributed by atoms with van der Waals surface area (Å²) in [5.41, 5.74) is 1.01. The average molecular weight is 657 g/mol. The molecule has 4 aromatic carbocycles. The second kappa shape index (κ2) is 11.4. The lowest BCUT2D eigenvalue weighted by molar-refractivity contribution is -0.137. The van der Waals surface area contributed by atoms with Crippen LogP contribution in [-0.4, -0.2) is 28.9 Å². The van der Waals surface area contributed by atoms with Gasteiger partial charge in [-0.3, -0.25) is 14.5 Å². The largest absolute Gasteiger partial charge is 0.497 e. The van der Waals surface area contributed by atoms with Gasteiger partial charge < -0.3 is 15.6 Å². The van der Waals surface area contributed by atoms with Crippen LogP contribution in [0, 0.1) is 11.6 Å². The lowest BCUT2D eigenvalue weighted by Gasteiger charge is -2.36. The molecule has 0 saturated heterocycles. The summed E-state index contributed by atoms with van der Waals surface area (Å²) >= 11 is 6.56. The van der Waals surface area contributed by atoms with E-state index in [4.69, 9.17) is 22.1 Å². The molecule has 238 valence electrons. The van der Waals surface area contributed by atoms with Gasteiger partial charge in [0.25, 0.3) is 5.91 Å². The number of carbonyl (C=O) groups is 2. The van der Waals surface area contributed by atoms with Crippen LogP contribution >= 0.6 is 11.6 Å². The second-order valence-electron chi connectivity index (χ2n) is 11.3. The lowest BCUT2D eigenvalue weighted by Crippen LogP contribution is -2.44. The maximum Gasteiger partial charge on any atom is 0.416 e. The van der Waals surface area contributed by atoms with E-state index < -0.39 is 52.0 Å². The Bertz CT molecular complexity index is 1910. The summed E-state index contributed by atoms with van der Waals surface area (Å²) in [7, 11) is 1.48. The molecule has 0 saturated carbocycles. The SMILES string of the molecule is COc1ccc(CN2C(=O)c3c4c(cc(-c5c(F)cc(C(F)(F)F)cc5C(N)=O)c3C2(O)c2cc(F)ccc2Cl)CCCC4)cc1. The molecule has 6 nitrogen and oxygen atoms in total. The Hall–Kier alpha value is -4.48. The monoisotopic (exact) mass is 656 g/mol. The van der Waals surface area contributed by atoms with Gasteiger partial charge in [0.2, 0.25) is 5.91 Å². The molecular formula is C34H26ClF5N2O4. The number of hydrogen-bond donors (Lipinski definition) is 2. The minimum Gasteiger partial charge on any atom is -0.497 e. The van der Waals surface area contributed by atoms with E-state index in [0.717, 1.165) is 17.0 Å². The number of ether oxygens (including phenoxy) is 1.